The maximum Gasteiger partial charge on any atom is 0.210 e. The summed E-state index contributed by atoms with van der Waals surface area (Å²) in [6, 6.07) is 10.5. The van der Waals surface area contributed by atoms with Crippen molar-refractivity contribution < 1.29 is 4.79 Å². The highest BCUT2D eigenvalue weighted by Gasteiger charge is 2.24. The lowest BCUT2D eigenvalue weighted by Crippen LogP contribution is -2.35. The summed E-state index contributed by atoms with van der Waals surface area (Å²) >= 11 is 0. The van der Waals surface area contributed by atoms with Crippen LogP contribution >= 0.6 is 0 Å². The second-order valence-electron chi connectivity index (χ2n) is 5.18. The van der Waals surface area contributed by atoms with Crippen LogP contribution in [0.4, 0.5) is 0 Å². The molecule has 1 aliphatic rings. The predicted octanol–water partition coefficient (Wildman–Crippen LogP) is 2.77. The minimum Gasteiger partial charge on any atom is -0.337 e. The molecule has 0 aromatic heterocycles. The Morgan fingerprint density at radius 1 is 1.32 bits per heavy atom. The average Bonchev–Trinajstić information content (AvgIpc) is 2.85. The van der Waals surface area contributed by atoms with Crippen LogP contribution < -0.4 is 0 Å². The standard InChI is InChI=1S/C13H18N2O.C3H8/c1-14-8-7-13(10-14)15(11-16)9-12-5-3-2-4-6-12;1-3-2/h2-6,11,13H,7-10H2,1H3;3H2,1-2H3. The van der Waals surface area contributed by atoms with Gasteiger partial charge in [0.1, 0.15) is 0 Å². The van der Waals surface area contributed by atoms with Gasteiger partial charge in [-0.05, 0) is 25.6 Å². The van der Waals surface area contributed by atoms with Crippen LogP contribution in [-0.2, 0) is 11.3 Å². The van der Waals surface area contributed by atoms with Crippen molar-refractivity contribution in [2.75, 3.05) is 20.1 Å². The lowest BCUT2D eigenvalue weighted by Gasteiger charge is -2.24. The molecule has 0 saturated carbocycles. The fourth-order valence-corrected chi connectivity index (χ4v) is 2.23. The van der Waals surface area contributed by atoms with Crippen molar-refractivity contribution in [1.82, 2.24) is 9.80 Å². The van der Waals surface area contributed by atoms with E-state index in [1.165, 1.54) is 12.0 Å². The van der Waals surface area contributed by atoms with Crippen LogP contribution in [0.25, 0.3) is 0 Å². The molecule has 0 radical (unpaired) electrons. The summed E-state index contributed by atoms with van der Waals surface area (Å²) in [5.74, 6) is 0. The van der Waals surface area contributed by atoms with E-state index in [9.17, 15) is 4.79 Å². The Morgan fingerprint density at radius 2 is 1.95 bits per heavy atom. The largest absolute Gasteiger partial charge is 0.337 e. The molecule has 1 aromatic carbocycles. The molecule has 1 saturated heterocycles. The Bertz CT molecular complexity index is 353. The number of likely N-dealkylation sites (tertiary alicyclic amines) is 1. The molecule has 106 valence electrons. The van der Waals surface area contributed by atoms with Crippen molar-refractivity contribution in [1.29, 1.82) is 0 Å². The summed E-state index contributed by atoms with van der Waals surface area (Å²) in [7, 11) is 2.10. The zero-order valence-corrected chi connectivity index (χ0v) is 12.4. The molecular formula is C16H26N2O. The number of hydrogen-bond donors (Lipinski definition) is 0. The summed E-state index contributed by atoms with van der Waals surface area (Å²) in [5, 5.41) is 0. The molecule has 1 aromatic rings. The van der Waals surface area contributed by atoms with E-state index in [1.807, 2.05) is 23.1 Å². The summed E-state index contributed by atoms with van der Waals surface area (Å²) in [6.45, 7) is 7.05. The van der Waals surface area contributed by atoms with Crippen molar-refractivity contribution in [3.63, 3.8) is 0 Å². The van der Waals surface area contributed by atoms with E-state index >= 15 is 0 Å². The summed E-state index contributed by atoms with van der Waals surface area (Å²) < 4.78 is 0. The smallest absolute Gasteiger partial charge is 0.210 e. The van der Waals surface area contributed by atoms with Gasteiger partial charge < -0.3 is 9.80 Å². The van der Waals surface area contributed by atoms with Gasteiger partial charge in [-0.3, -0.25) is 4.79 Å². The van der Waals surface area contributed by atoms with Crippen molar-refractivity contribution in [2.45, 2.75) is 39.3 Å². The molecule has 1 unspecified atom stereocenters. The minimum atomic E-state index is 0.378. The fraction of sp³-hybridized carbons (Fsp3) is 0.562. The first-order chi connectivity index (χ1) is 9.21. The second kappa shape index (κ2) is 8.70. The Hall–Kier alpha value is -1.35. The Balaban J connectivity index is 0.000000550. The normalized spacial score (nSPS) is 18.6. The van der Waals surface area contributed by atoms with Crippen LogP contribution in [0, 0.1) is 0 Å². The number of carbonyl (C=O) groups excluding carboxylic acids is 1. The lowest BCUT2D eigenvalue weighted by molar-refractivity contribution is -0.120. The van der Waals surface area contributed by atoms with E-state index in [4.69, 9.17) is 0 Å². The van der Waals surface area contributed by atoms with Gasteiger partial charge in [0, 0.05) is 19.1 Å². The van der Waals surface area contributed by atoms with Gasteiger partial charge >= 0.3 is 0 Å². The number of likely N-dealkylation sites (N-methyl/N-ethyl adjacent to an activating group) is 1. The molecule has 0 N–H and O–H groups in total. The molecule has 2 rings (SSSR count). The molecule has 1 aliphatic heterocycles. The average molecular weight is 262 g/mol. The van der Waals surface area contributed by atoms with Gasteiger partial charge in [-0.1, -0.05) is 50.6 Å². The molecule has 19 heavy (non-hydrogen) atoms. The van der Waals surface area contributed by atoms with E-state index in [0.717, 1.165) is 32.5 Å². The quantitative estimate of drug-likeness (QED) is 0.779. The van der Waals surface area contributed by atoms with Gasteiger partial charge in [-0.25, -0.2) is 0 Å². The van der Waals surface area contributed by atoms with Crippen LogP contribution in [0.3, 0.4) is 0 Å². The van der Waals surface area contributed by atoms with E-state index < -0.39 is 0 Å². The zero-order chi connectivity index (χ0) is 14.1. The molecule has 3 heteroatoms. The molecule has 3 nitrogen and oxygen atoms in total. The third-order valence-electron chi connectivity index (χ3n) is 3.18. The highest BCUT2D eigenvalue weighted by molar-refractivity contribution is 5.48. The second-order valence-corrected chi connectivity index (χ2v) is 5.18. The van der Waals surface area contributed by atoms with Gasteiger partial charge in [0.15, 0.2) is 0 Å². The summed E-state index contributed by atoms with van der Waals surface area (Å²) in [6.07, 6.45) is 3.32. The Labute approximate surface area is 117 Å². The summed E-state index contributed by atoms with van der Waals surface area (Å²) in [4.78, 5) is 15.3. The number of rotatable bonds is 4. The van der Waals surface area contributed by atoms with E-state index in [2.05, 4.69) is 37.9 Å². The van der Waals surface area contributed by atoms with Gasteiger partial charge in [0.05, 0.1) is 0 Å². The SMILES string of the molecule is CCC.CN1CCC(N(C=O)Cc2ccccc2)C1. The van der Waals surface area contributed by atoms with Crippen LogP contribution in [0.5, 0.6) is 0 Å². The number of amides is 1. The van der Waals surface area contributed by atoms with Gasteiger partial charge in [0.2, 0.25) is 6.41 Å². The maximum atomic E-state index is 11.1. The molecular weight excluding hydrogens is 236 g/mol. The fourth-order valence-electron chi connectivity index (χ4n) is 2.23. The molecule has 1 heterocycles. The first kappa shape index (κ1) is 15.7. The van der Waals surface area contributed by atoms with Crippen molar-refractivity contribution in [3.05, 3.63) is 35.9 Å². The van der Waals surface area contributed by atoms with Crippen LogP contribution in [0.1, 0.15) is 32.3 Å². The van der Waals surface area contributed by atoms with Crippen molar-refractivity contribution in [2.24, 2.45) is 0 Å². The molecule has 1 amide bonds. The van der Waals surface area contributed by atoms with E-state index in [0.29, 0.717) is 6.04 Å². The van der Waals surface area contributed by atoms with Crippen LogP contribution in [-0.4, -0.2) is 42.4 Å². The minimum absolute atomic E-state index is 0.378. The first-order valence-corrected chi connectivity index (χ1v) is 7.14. The van der Waals surface area contributed by atoms with Gasteiger partial charge in [-0.2, -0.15) is 0 Å². The van der Waals surface area contributed by atoms with Crippen LogP contribution in [0.15, 0.2) is 30.3 Å². The van der Waals surface area contributed by atoms with Crippen molar-refractivity contribution >= 4 is 6.41 Å². The first-order valence-electron chi connectivity index (χ1n) is 7.14. The Morgan fingerprint density at radius 3 is 2.42 bits per heavy atom. The van der Waals surface area contributed by atoms with Gasteiger partial charge in [0.25, 0.3) is 0 Å². The van der Waals surface area contributed by atoms with Crippen molar-refractivity contribution in [3.8, 4) is 0 Å². The third kappa shape index (κ3) is 5.43. The number of nitrogens with zero attached hydrogens (tertiary/aromatic N) is 2. The topological polar surface area (TPSA) is 23.6 Å². The molecule has 1 atom stereocenters. The van der Waals surface area contributed by atoms with E-state index in [-0.39, 0.29) is 0 Å². The molecule has 0 spiro atoms. The zero-order valence-electron chi connectivity index (χ0n) is 12.4. The summed E-state index contributed by atoms with van der Waals surface area (Å²) in [5.41, 5.74) is 1.20. The number of carbonyl (C=O) groups is 1. The molecule has 0 bridgehead atoms. The van der Waals surface area contributed by atoms with E-state index in [1.54, 1.807) is 0 Å². The monoisotopic (exact) mass is 262 g/mol. The third-order valence-corrected chi connectivity index (χ3v) is 3.18. The Kier molecular flexibility index (Phi) is 7.19. The maximum absolute atomic E-state index is 11.1. The highest BCUT2D eigenvalue weighted by Crippen LogP contribution is 2.15. The molecule has 1 fully saturated rings. The number of hydrogen-bond acceptors (Lipinski definition) is 2. The predicted molar refractivity (Wildman–Crippen MR) is 79.9 cm³/mol. The lowest BCUT2D eigenvalue weighted by atomic mass is 10.1. The number of benzene rings is 1. The molecule has 0 aliphatic carbocycles. The highest BCUT2D eigenvalue weighted by atomic mass is 16.1. The van der Waals surface area contributed by atoms with Crippen LogP contribution in [0.2, 0.25) is 0 Å². The van der Waals surface area contributed by atoms with Gasteiger partial charge in [-0.15, -0.1) is 0 Å².